The number of primary amides is 1. The van der Waals surface area contributed by atoms with Crippen LogP contribution in [0.15, 0.2) is 24.3 Å². The third kappa shape index (κ3) is 4.73. The van der Waals surface area contributed by atoms with Gasteiger partial charge >= 0.3 is 0 Å². The van der Waals surface area contributed by atoms with Crippen LogP contribution in [0.5, 0.6) is 5.75 Å². The zero-order valence-electron chi connectivity index (χ0n) is 12.9. The fourth-order valence-electron chi connectivity index (χ4n) is 2.64. The number of benzene rings is 1. The molecule has 1 aliphatic heterocycles. The Morgan fingerprint density at radius 3 is 2.73 bits per heavy atom. The summed E-state index contributed by atoms with van der Waals surface area (Å²) in [6.45, 7) is 4.19. The molecule has 0 aromatic heterocycles. The van der Waals surface area contributed by atoms with Gasteiger partial charge in [-0.2, -0.15) is 0 Å². The van der Waals surface area contributed by atoms with Crippen LogP contribution in [0.4, 0.5) is 5.69 Å². The molecule has 1 heterocycles. The molecule has 1 atom stereocenters. The molecule has 0 bridgehead atoms. The summed E-state index contributed by atoms with van der Waals surface area (Å²) in [5, 5.41) is 2.85. The van der Waals surface area contributed by atoms with Crippen molar-refractivity contribution in [1.82, 2.24) is 4.90 Å². The first-order chi connectivity index (χ1) is 10.6. The summed E-state index contributed by atoms with van der Waals surface area (Å²) in [7, 11) is 0. The van der Waals surface area contributed by atoms with E-state index in [4.69, 9.17) is 10.5 Å². The van der Waals surface area contributed by atoms with E-state index in [2.05, 4.69) is 5.32 Å². The Morgan fingerprint density at radius 1 is 1.36 bits per heavy atom. The Morgan fingerprint density at radius 2 is 2.09 bits per heavy atom. The Kier molecular flexibility index (Phi) is 5.77. The van der Waals surface area contributed by atoms with E-state index in [-0.39, 0.29) is 24.3 Å². The number of nitrogens with one attached hydrogen (secondary N) is 1. The van der Waals surface area contributed by atoms with Crippen molar-refractivity contribution in [2.75, 3.05) is 31.6 Å². The van der Waals surface area contributed by atoms with Crippen LogP contribution in [0.3, 0.4) is 0 Å². The maximum Gasteiger partial charge on any atom is 0.238 e. The van der Waals surface area contributed by atoms with Crippen molar-refractivity contribution >= 4 is 17.5 Å². The molecule has 6 nitrogen and oxygen atoms in total. The van der Waals surface area contributed by atoms with Crippen molar-refractivity contribution in [2.24, 2.45) is 11.7 Å². The van der Waals surface area contributed by atoms with E-state index >= 15 is 0 Å². The highest BCUT2D eigenvalue weighted by molar-refractivity contribution is 5.92. The molecule has 1 aromatic rings. The lowest BCUT2D eigenvalue weighted by molar-refractivity contribution is -0.125. The minimum Gasteiger partial charge on any atom is -0.494 e. The smallest absolute Gasteiger partial charge is 0.238 e. The van der Waals surface area contributed by atoms with Crippen molar-refractivity contribution in [3.63, 3.8) is 0 Å². The van der Waals surface area contributed by atoms with Gasteiger partial charge in [0.15, 0.2) is 0 Å². The van der Waals surface area contributed by atoms with Gasteiger partial charge < -0.3 is 15.8 Å². The molecule has 1 saturated heterocycles. The molecule has 1 aliphatic rings. The number of hydrogen-bond acceptors (Lipinski definition) is 4. The Balaban J connectivity index is 1.83. The highest BCUT2D eigenvalue weighted by Crippen LogP contribution is 2.17. The third-order valence-corrected chi connectivity index (χ3v) is 3.72. The van der Waals surface area contributed by atoms with E-state index in [1.807, 2.05) is 36.1 Å². The Labute approximate surface area is 130 Å². The van der Waals surface area contributed by atoms with Crippen LogP contribution >= 0.6 is 0 Å². The molecule has 2 rings (SSSR count). The summed E-state index contributed by atoms with van der Waals surface area (Å²) in [6.07, 6.45) is 1.70. The first-order valence-electron chi connectivity index (χ1n) is 7.63. The second-order valence-corrected chi connectivity index (χ2v) is 5.48. The second-order valence-electron chi connectivity index (χ2n) is 5.48. The normalized spacial score (nSPS) is 18.7. The van der Waals surface area contributed by atoms with Gasteiger partial charge in [0.2, 0.25) is 11.8 Å². The number of nitrogens with zero attached hydrogens (tertiary/aromatic N) is 1. The van der Waals surface area contributed by atoms with Crippen LogP contribution in [0.25, 0.3) is 0 Å². The van der Waals surface area contributed by atoms with Crippen molar-refractivity contribution in [3.05, 3.63) is 24.3 Å². The van der Waals surface area contributed by atoms with Gasteiger partial charge in [-0.3, -0.25) is 14.5 Å². The first-order valence-corrected chi connectivity index (χ1v) is 7.63. The van der Waals surface area contributed by atoms with Crippen LogP contribution in [0.2, 0.25) is 0 Å². The van der Waals surface area contributed by atoms with E-state index in [1.54, 1.807) is 0 Å². The Bertz CT molecular complexity index is 516. The number of anilines is 1. The summed E-state index contributed by atoms with van der Waals surface area (Å²) >= 11 is 0. The van der Waals surface area contributed by atoms with Crippen molar-refractivity contribution in [3.8, 4) is 5.75 Å². The molecule has 1 aromatic carbocycles. The standard InChI is InChI=1S/C16H23N3O3/c1-2-22-14-7-5-13(6-8-14)18-15(20)11-19-9-3-4-12(10-19)16(17)21/h5-8,12H,2-4,9-11H2,1H3,(H2,17,21)(H,18,20)/t12-/m1/s1. The lowest BCUT2D eigenvalue weighted by Gasteiger charge is -2.30. The van der Waals surface area contributed by atoms with Crippen LogP contribution in [0.1, 0.15) is 19.8 Å². The number of rotatable bonds is 6. The molecule has 1 fully saturated rings. The fourth-order valence-corrected chi connectivity index (χ4v) is 2.64. The fraction of sp³-hybridized carbons (Fsp3) is 0.500. The van der Waals surface area contributed by atoms with Gasteiger partial charge in [0.1, 0.15) is 5.75 Å². The zero-order chi connectivity index (χ0) is 15.9. The first kappa shape index (κ1) is 16.3. The molecule has 0 spiro atoms. The van der Waals surface area contributed by atoms with E-state index in [1.165, 1.54) is 0 Å². The van der Waals surface area contributed by atoms with Gasteiger partial charge in [0, 0.05) is 12.2 Å². The average molecular weight is 305 g/mol. The molecular formula is C16H23N3O3. The van der Waals surface area contributed by atoms with Crippen LogP contribution in [-0.2, 0) is 9.59 Å². The predicted molar refractivity (Wildman–Crippen MR) is 84.6 cm³/mol. The number of carbonyl (C=O) groups excluding carboxylic acids is 2. The molecule has 2 amide bonds. The summed E-state index contributed by atoms with van der Waals surface area (Å²) < 4.78 is 5.36. The van der Waals surface area contributed by atoms with Gasteiger partial charge in [-0.25, -0.2) is 0 Å². The summed E-state index contributed by atoms with van der Waals surface area (Å²) in [4.78, 5) is 25.3. The SMILES string of the molecule is CCOc1ccc(NC(=O)CN2CCC[C@@H](C(N)=O)C2)cc1. The van der Waals surface area contributed by atoms with Gasteiger partial charge in [0.05, 0.1) is 19.1 Å². The number of nitrogens with two attached hydrogens (primary N) is 1. The van der Waals surface area contributed by atoms with Gasteiger partial charge in [-0.1, -0.05) is 0 Å². The monoisotopic (exact) mass is 305 g/mol. The minimum absolute atomic E-state index is 0.0886. The predicted octanol–water partition coefficient (Wildman–Crippen LogP) is 1.22. The van der Waals surface area contributed by atoms with Crippen LogP contribution < -0.4 is 15.8 Å². The summed E-state index contributed by atoms with van der Waals surface area (Å²) in [6, 6.07) is 7.27. The van der Waals surface area contributed by atoms with E-state index in [0.29, 0.717) is 13.2 Å². The molecule has 0 aliphatic carbocycles. The number of likely N-dealkylation sites (tertiary alicyclic amines) is 1. The summed E-state index contributed by atoms with van der Waals surface area (Å²) in [5.41, 5.74) is 6.08. The minimum atomic E-state index is -0.281. The van der Waals surface area contributed by atoms with Crippen molar-refractivity contribution < 1.29 is 14.3 Å². The highest BCUT2D eigenvalue weighted by Gasteiger charge is 2.25. The number of piperidine rings is 1. The van der Waals surface area contributed by atoms with Gasteiger partial charge in [-0.15, -0.1) is 0 Å². The quantitative estimate of drug-likeness (QED) is 0.827. The van der Waals surface area contributed by atoms with E-state index in [0.717, 1.165) is 30.8 Å². The topological polar surface area (TPSA) is 84.7 Å². The molecule has 120 valence electrons. The number of ether oxygens (including phenoxy) is 1. The Hall–Kier alpha value is -2.08. The second kappa shape index (κ2) is 7.79. The number of hydrogen-bond donors (Lipinski definition) is 2. The molecule has 22 heavy (non-hydrogen) atoms. The largest absolute Gasteiger partial charge is 0.494 e. The molecule has 0 unspecified atom stereocenters. The van der Waals surface area contributed by atoms with Crippen LogP contribution in [-0.4, -0.2) is 43.0 Å². The number of carbonyl (C=O) groups is 2. The average Bonchev–Trinajstić information content (AvgIpc) is 2.49. The third-order valence-electron chi connectivity index (χ3n) is 3.72. The zero-order valence-corrected chi connectivity index (χ0v) is 12.9. The van der Waals surface area contributed by atoms with Crippen molar-refractivity contribution in [1.29, 1.82) is 0 Å². The van der Waals surface area contributed by atoms with Crippen LogP contribution in [0, 0.1) is 5.92 Å². The molecule has 0 saturated carbocycles. The molecular weight excluding hydrogens is 282 g/mol. The maximum atomic E-state index is 12.1. The highest BCUT2D eigenvalue weighted by atomic mass is 16.5. The van der Waals surface area contributed by atoms with Crippen molar-refractivity contribution in [2.45, 2.75) is 19.8 Å². The maximum absolute atomic E-state index is 12.1. The molecule has 0 radical (unpaired) electrons. The number of amides is 2. The van der Waals surface area contributed by atoms with Gasteiger partial charge in [0.25, 0.3) is 0 Å². The van der Waals surface area contributed by atoms with E-state index < -0.39 is 0 Å². The lowest BCUT2D eigenvalue weighted by Crippen LogP contribution is -2.44. The van der Waals surface area contributed by atoms with E-state index in [9.17, 15) is 9.59 Å². The summed E-state index contributed by atoms with van der Waals surface area (Å²) in [5.74, 6) is 0.263. The molecule has 6 heteroatoms. The molecule has 3 N–H and O–H groups in total. The lowest BCUT2D eigenvalue weighted by atomic mass is 9.97. The van der Waals surface area contributed by atoms with Gasteiger partial charge in [-0.05, 0) is 50.6 Å².